The van der Waals surface area contributed by atoms with Crippen molar-refractivity contribution < 1.29 is 0 Å². The summed E-state index contributed by atoms with van der Waals surface area (Å²) in [6, 6.07) is 158. The molecule has 28 rings (SSSR count). The van der Waals surface area contributed by atoms with Crippen molar-refractivity contribution in [3.63, 3.8) is 0 Å². The molecule has 0 aliphatic rings. The maximum Gasteiger partial charge on any atom is 0.0543 e. The second-order valence-corrected chi connectivity index (χ2v) is 44.8. The first-order chi connectivity index (χ1) is 73.1. The SMILES string of the molecule is CCc1cc(N(c2ccc(-c3cccc4c3sc3ccccc34)cc2)c2c(C)cccc2C)c2ccc3c(CC)cc(N(c4ccc(-c5cccc6c5sc5ccccc56)cc4)c4c(C)cccc4C)c4ccc1c2c34.Cc1cccc(C)c1N(c1ccc(-c2cccc3c2sc2ccccc23)cc1)c1ccc2ccc3c(N(c4ccc(-c5cccc6c5sc5ccccc56)cc4)c4c(C)cccc4C)cc(C)c4ccc1c2c43. The number of thiophene rings is 4. The zero-order valence-corrected chi connectivity index (χ0v) is 88.4. The van der Waals surface area contributed by atoms with Crippen molar-refractivity contribution in [1.82, 2.24) is 0 Å². The van der Waals surface area contributed by atoms with E-state index in [4.69, 9.17) is 0 Å². The van der Waals surface area contributed by atoms with Crippen molar-refractivity contribution in [2.45, 2.75) is 89.0 Å². The third-order valence-corrected chi connectivity index (χ3v) is 36.6. The number of hydrogen-bond donors (Lipinski definition) is 0. The minimum Gasteiger partial charge on any atom is -0.309 e. The number of hydrogen-bond acceptors (Lipinski definition) is 8. The molecule has 149 heavy (non-hydrogen) atoms. The van der Waals surface area contributed by atoms with Gasteiger partial charge in [-0.15, -0.1) is 45.3 Å². The number of anilines is 12. The molecule has 0 aliphatic heterocycles. The molecule has 28 aromatic rings. The minimum absolute atomic E-state index is 0.906. The highest BCUT2D eigenvalue weighted by atomic mass is 32.1. The Morgan fingerprint density at radius 3 is 0.711 bits per heavy atom. The molecule has 0 aliphatic carbocycles. The molecular formula is C141H106N4S4. The summed E-state index contributed by atoms with van der Waals surface area (Å²) in [5.41, 5.74) is 38.0. The summed E-state index contributed by atoms with van der Waals surface area (Å²) in [7, 11) is 0. The van der Waals surface area contributed by atoms with E-state index in [9.17, 15) is 0 Å². The minimum atomic E-state index is 0.906. The number of benzene rings is 24. The number of para-hydroxylation sites is 4. The van der Waals surface area contributed by atoms with Crippen LogP contribution in [0, 0.1) is 62.3 Å². The summed E-state index contributed by atoms with van der Waals surface area (Å²) in [6.45, 7) is 25.0. The standard InChI is InChI=1S/C72H56N2S2.C69H50N2S2/c1-7-47-41-63(73(69-43(3)17-13-18-44(69)4)51-33-29-49(30-34-51)55-23-15-25-59-57-21-9-11-27-65(57)75-71(55)59)61-40-38-54-48(8-2)42-64(62-39-37-53(47)67(61)68(54)62)74(70-45(5)19-14-20-46(70)6)52-35-31-50(32-36-52)56-24-16-26-60-58-22-10-12-28-66(58)76-72(56)60;1-41-14-10-15-42(2)66(41)70(49-32-26-46(27-33-49)52-20-12-22-56-54-18-6-8-24-62(54)72-68(52)56)60-39-31-48-30-36-59-61(40-45(5)51-37-38-58(60)64(48)65(51)59)71(67-43(3)16-11-17-44(67)4)50-34-28-47(29-35-50)53-21-13-23-57-55-19-7-9-25-63(55)73-69(53)57/h9-42H,7-8H2,1-6H3;6-40H,1-5H3. The van der Waals surface area contributed by atoms with E-state index in [1.165, 1.54) is 291 Å². The largest absolute Gasteiger partial charge is 0.309 e. The number of rotatable bonds is 18. The molecule has 0 saturated heterocycles. The molecule has 0 saturated carbocycles. The second kappa shape index (κ2) is 36.5. The van der Waals surface area contributed by atoms with Gasteiger partial charge in [0, 0.05) is 125 Å². The van der Waals surface area contributed by atoms with Gasteiger partial charge in [0.15, 0.2) is 0 Å². The Labute approximate surface area is 884 Å². The molecule has 0 atom stereocenters. The smallest absolute Gasteiger partial charge is 0.0543 e. The summed E-state index contributed by atoms with van der Waals surface area (Å²) in [4.78, 5) is 10.2. The van der Waals surface area contributed by atoms with Gasteiger partial charge in [-0.25, -0.2) is 0 Å². The van der Waals surface area contributed by atoms with E-state index in [1.54, 1.807) is 0 Å². The molecule has 4 nitrogen and oxygen atoms in total. The highest BCUT2D eigenvalue weighted by Crippen LogP contribution is 2.57. The molecule has 0 amide bonds. The molecule has 714 valence electrons. The summed E-state index contributed by atoms with van der Waals surface area (Å²) >= 11 is 7.55. The zero-order valence-electron chi connectivity index (χ0n) is 85.2. The molecule has 0 bridgehead atoms. The Bertz CT molecular complexity index is 9890. The van der Waals surface area contributed by atoms with Crippen LogP contribution in [0.2, 0.25) is 0 Å². The number of fused-ring (bicyclic) bond motifs is 12. The van der Waals surface area contributed by atoms with Gasteiger partial charge in [0.05, 0.1) is 45.5 Å². The van der Waals surface area contributed by atoms with Crippen LogP contribution >= 0.6 is 45.3 Å². The van der Waals surface area contributed by atoms with E-state index in [1.807, 2.05) is 45.3 Å². The summed E-state index contributed by atoms with van der Waals surface area (Å²) in [5.74, 6) is 0. The van der Waals surface area contributed by atoms with Crippen LogP contribution in [-0.2, 0) is 12.8 Å². The molecule has 4 aromatic heterocycles. The van der Waals surface area contributed by atoms with E-state index in [2.05, 4.69) is 514 Å². The fraction of sp³-hybridized carbons (Fsp3) is 0.0922. The van der Waals surface area contributed by atoms with Gasteiger partial charge in [0.25, 0.3) is 0 Å². The van der Waals surface area contributed by atoms with E-state index >= 15 is 0 Å². The predicted octanol–water partition coefficient (Wildman–Crippen LogP) is 43.1. The number of aryl methyl sites for hydroxylation is 11. The van der Waals surface area contributed by atoms with Gasteiger partial charge in [-0.2, -0.15) is 0 Å². The summed E-state index contributed by atoms with van der Waals surface area (Å²) in [6.07, 6.45) is 1.81. The van der Waals surface area contributed by atoms with Crippen molar-refractivity contribution in [2.24, 2.45) is 0 Å². The van der Waals surface area contributed by atoms with Crippen LogP contribution in [0.25, 0.3) is 190 Å². The molecule has 0 spiro atoms. The molecule has 0 unspecified atom stereocenters. The molecule has 8 heteroatoms. The van der Waals surface area contributed by atoms with Crippen LogP contribution in [0.3, 0.4) is 0 Å². The van der Waals surface area contributed by atoms with Crippen molar-refractivity contribution in [3.05, 3.63) is 480 Å². The van der Waals surface area contributed by atoms with E-state index in [0.717, 1.165) is 41.3 Å². The fourth-order valence-electron chi connectivity index (χ4n) is 24.7. The lowest BCUT2D eigenvalue weighted by Crippen LogP contribution is -2.15. The predicted molar refractivity (Wildman–Crippen MR) is 654 cm³/mol. The van der Waals surface area contributed by atoms with E-state index in [-0.39, 0.29) is 0 Å². The van der Waals surface area contributed by atoms with Gasteiger partial charge < -0.3 is 19.6 Å². The first-order valence-electron chi connectivity index (χ1n) is 52.0. The highest BCUT2D eigenvalue weighted by Gasteiger charge is 2.32. The van der Waals surface area contributed by atoms with Crippen molar-refractivity contribution >= 4 is 259 Å². The maximum atomic E-state index is 2.56. The van der Waals surface area contributed by atoms with E-state index in [0.29, 0.717) is 0 Å². The molecule has 0 N–H and O–H groups in total. The van der Waals surface area contributed by atoms with Gasteiger partial charge in [0.2, 0.25) is 0 Å². The van der Waals surface area contributed by atoms with Gasteiger partial charge >= 0.3 is 0 Å². The van der Waals surface area contributed by atoms with Gasteiger partial charge in [-0.1, -0.05) is 335 Å². The topological polar surface area (TPSA) is 13.0 Å². The van der Waals surface area contributed by atoms with Crippen LogP contribution in [0.15, 0.2) is 419 Å². The third kappa shape index (κ3) is 14.9. The average Bonchev–Trinajstić information content (AvgIpc) is 1.27. The molecule has 24 aromatic carbocycles. The van der Waals surface area contributed by atoms with Gasteiger partial charge in [-0.05, 0) is 321 Å². The Balaban J connectivity index is 0.000000147. The fourth-order valence-corrected chi connectivity index (χ4v) is 29.7. The van der Waals surface area contributed by atoms with Crippen molar-refractivity contribution in [1.29, 1.82) is 0 Å². The number of nitrogens with zero attached hydrogens (tertiary/aromatic N) is 4. The normalized spacial score (nSPS) is 11.9. The van der Waals surface area contributed by atoms with Crippen LogP contribution in [-0.4, -0.2) is 0 Å². The van der Waals surface area contributed by atoms with Crippen LogP contribution in [0.5, 0.6) is 0 Å². The van der Waals surface area contributed by atoms with Crippen molar-refractivity contribution in [2.75, 3.05) is 19.6 Å². The van der Waals surface area contributed by atoms with Crippen LogP contribution < -0.4 is 19.6 Å². The second-order valence-electron chi connectivity index (χ2n) is 40.5. The monoisotopic (exact) mass is 1980 g/mol. The average molecular weight is 1980 g/mol. The Morgan fingerprint density at radius 2 is 0.409 bits per heavy atom. The maximum absolute atomic E-state index is 2.56. The molecular weight excluding hydrogens is 1880 g/mol. The first kappa shape index (κ1) is 91.1. The quantitative estimate of drug-likeness (QED) is 0.0794. The van der Waals surface area contributed by atoms with Gasteiger partial charge in [-0.3, -0.25) is 0 Å². The zero-order chi connectivity index (χ0) is 100. The lowest BCUT2D eigenvalue weighted by atomic mass is 9.86. The summed E-state index contributed by atoms with van der Waals surface area (Å²) < 4.78 is 10.6. The Kier molecular flexibility index (Phi) is 22.3. The summed E-state index contributed by atoms with van der Waals surface area (Å²) in [5, 5.41) is 26.0. The van der Waals surface area contributed by atoms with Gasteiger partial charge in [0.1, 0.15) is 0 Å². The van der Waals surface area contributed by atoms with Crippen molar-refractivity contribution in [3.8, 4) is 44.5 Å². The van der Waals surface area contributed by atoms with E-state index < -0.39 is 0 Å². The molecule has 4 heterocycles. The lowest BCUT2D eigenvalue weighted by Gasteiger charge is -2.33. The highest BCUT2D eigenvalue weighted by molar-refractivity contribution is 7.27. The van der Waals surface area contributed by atoms with Crippen LogP contribution in [0.1, 0.15) is 75.0 Å². The Hall–Kier alpha value is -16.6. The van der Waals surface area contributed by atoms with Crippen LogP contribution in [0.4, 0.5) is 68.2 Å². The molecule has 0 fully saturated rings. The third-order valence-electron chi connectivity index (χ3n) is 31.7. The Morgan fingerprint density at radius 1 is 0.174 bits per heavy atom. The lowest BCUT2D eigenvalue weighted by molar-refractivity contribution is 1.15. The molecule has 0 radical (unpaired) electrons. The first-order valence-corrected chi connectivity index (χ1v) is 55.3.